The van der Waals surface area contributed by atoms with E-state index >= 15 is 0 Å². The van der Waals surface area contributed by atoms with E-state index in [4.69, 9.17) is 4.74 Å². The summed E-state index contributed by atoms with van der Waals surface area (Å²) in [6, 6.07) is 17.3. The molecule has 6 nitrogen and oxygen atoms in total. The van der Waals surface area contributed by atoms with Crippen molar-refractivity contribution >= 4 is 23.1 Å². The molecule has 2 heterocycles. The molecule has 1 amide bonds. The zero-order valence-electron chi connectivity index (χ0n) is 16.1. The van der Waals surface area contributed by atoms with Gasteiger partial charge in [0.25, 0.3) is 5.91 Å². The van der Waals surface area contributed by atoms with Gasteiger partial charge < -0.3 is 15.0 Å². The Labute approximate surface area is 164 Å². The van der Waals surface area contributed by atoms with Gasteiger partial charge in [-0.15, -0.1) is 0 Å². The summed E-state index contributed by atoms with van der Waals surface area (Å²) < 4.78 is 5.18. The number of nitrogens with zero attached hydrogens (tertiary/aromatic N) is 3. The van der Waals surface area contributed by atoms with Crippen LogP contribution in [0.1, 0.15) is 28.8 Å². The number of carbonyl (C=O) groups excluding carboxylic acids is 1. The number of carbonyl (C=O) groups is 1. The molecule has 1 N–H and O–H groups in total. The number of aryl methyl sites for hydroxylation is 1. The predicted octanol–water partition coefficient (Wildman–Crippen LogP) is 4.13. The van der Waals surface area contributed by atoms with Crippen molar-refractivity contribution in [2.24, 2.45) is 0 Å². The summed E-state index contributed by atoms with van der Waals surface area (Å²) >= 11 is 0. The Kier molecular flexibility index (Phi) is 4.69. The molecule has 0 radical (unpaired) electrons. The van der Waals surface area contributed by atoms with Crippen LogP contribution in [-0.4, -0.2) is 29.0 Å². The van der Waals surface area contributed by atoms with Gasteiger partial charge in [-0.2, -0.15) is 0 Å². The quantitative estimate of drug-likeness (QED) is 0.744. The number of benzene rings is 2. The average Bonchev–Trinajstić information content (AvgIpc) is 3.03. The molecule has 28 heavy (non-hydrogen) atoms. The molecule has 0 fully saturated rings. The Bertz CT molecular complexity index is 1020. The number of methoxy groups -OCH3 is 1. The first-order chi connectivity index (χ1) is 13.5. The van der Waals surface area contributed by atoms with E-state index in [1.807, 2.05) is 47.4 Å². The van der Waals surface area contributed by atoms with E-state index in [2.05, 4.69) is 28.3 Å². The zero-order chi connectivity index (χ0) is 19.7. The molecule has 142 valence electrons. The summed E-state index contributed by atoms with van der Waals surface area (Å²) in [4.78, 5) is 23.9. The van der Waals surface area contributed by atoms with Gasteiger partial charge in [0.1, 0.15) is 23.1 Å². The molecule has 4 rings (SSSR count). The summed E-state index contributed by atoms with van der Waals surface area (Å²) in [5.41, 5.74) is 3.39. The molecular formula is C22H22N4O2. The number of aromatic nitrogens is 2. The highest BCUT2D eigenvalue weighted by atomic mass is 16.5. The first-order valence-corrected chi connectivity index (χ1v) is 9.23. The smallest absolute Gasteiger partial charge is 0.277 e. The lowest BCUT2D eigenvalue weighted by atomic mass is 10.1. The van der Waals surface area contributed by atoms with Crippen LogP contribution in [0.5, 0.6) is 5.75 Å². The van der Waals surface area contributed by atoms with Gasteiger partial charge in [0.05, 0.1) is 7.11 Å². The van der Waals surface area contributed by atoms with Gasteiger partial charge in [-0.1, -0.05) is 18.2 Å². The maximum Gasteiger partial charge on any atom is 0.277 e. The first kappa shape index (κ1) is 18.0. The number of rotatable bonds is 4. The summed E-state index contributed by atoms with van der Waals surface area (Å²) in [6.45, 7) is 3.85. The normalized spacial score (nSPS) is 15.2. The molecule has 1 aliphatic rings. The number of ether oxygens (including phenoxy) is 1. The summed E-state index contributed by atoms with van der Waals surface area (Å²) in [5.74, 6) is 1.80. The van der Waals surface area contributed by atoms with E-state index in [9.17, 15) is 4.79 Å². The van der Waals surface area contributed by atoms with Crippen molar-refractivity contribution in [3.63, 3.8) is 0 Å². The molecular weight excluding hydrogens is 352 g/mol. The van der Waals surface area contributed by atoms with Crippen molar-refractivity contribution in [1.29, 1.82) is 0 Å². The number of fused-ring (bicyclic) bond motifs is 1. The van der Waals surface area contributed by atoms with E-state index in [1.165, 1.54) is 5.56 Å². The predicted molar refractivity (Wildman–Crippen MR) is 109 cm³/mol. The largest absolute Gasteiger partial charge is 0.497 e. The van der Waals surface area contributed by atoms with Gasteiger partial charge in [-0.05, 0) is 56.2 Å². The maximum absolute atomic E-state index is 13.3. The van der Waals surface area contributed by atoms with Crippen LogP contribution in [0.25, 0.3) is 0 Å². The molecule has 1 unspecified atom stereocenters. The van der Waals surface area contributed by atoms with Crippen molar-refractivity contribution in [2.45, 2.75) is 26.3 Å². The SMILES string of the molecule is COc1ccc(Nc2cc(C(=O)N3c4ccccc4CC3C)nc(C)n2)cc1. The van der Waals surface area contributed by atoms with Crippen molar-refractivity contribution in [1.82, 2.24) is 9.97 Å². The number of nitrogens with one attached hydrogen (secondary N) is 1. The molecule has 0 spiro atoms. The van der Waals surface area contributed by atoms with Gasteiger partial charge in [-0.3, -0.25) is 4.79 Å². The molecule has 2 aromatic carbocycles. The molecule has 0 saturated heterocycles. The minimum absolute atomic E-state index is 0.0955. The zero-order valence-corrected chi connectivity index (χ0v) is 16.1. The third-order valence-electron chi connectivity index (χ3n) is 4.85. The van der Waals surface area contributed by atoms with E-state index in [0.29, 0.717) is 17.3 Å². The molecule has 1 aliphatic heterocycles. The minimum Gasteiger partial charge on any atom is -0.497 e. The van der Waals surface area contributed by atoms with Crippen molar-refractivity contribution < 1.29 is 9.53 Å². The van der Waals surface area contributed by atoms with Crippen LogP contribution in [0.15, 0.2) is 54.6 Å². The van der Waals surface area contributed by atoms with Crippen LogP contribution >= 0.6 is 0 Å². The second-order valence-electron chi connectivity index (χ2n) is 6.90. The fourth-order valence-electron chi connectivity index (χ4n) is 3.56. The maximum atomic E-state index is 13.3. The van der Waals surface area contributed by atoms with Crippen molar-refractivity contribution in [2.75, 3.05) is 17.3 Å². The van der Waals surface area contributed by atoms with Gasteiger partial charge in [0.2, 0.25) is 0 Å². The highest BCUT2D eigenvalue weighted by Crippen LogP contribution is 2.33. The number of amides is 1. The van der Waals surface area contributed by atoms with Crippen LogP contribution in [0.2, 0.25) is 0 Å². The van der Waals surface area contributed by atoms with Gasteiger partial charge in [0, 0.05) is 23.5 Å². The van der Waals surface area contributed by atoms with Gasteiger partial charge in [-0.25, -0.2) is 9.97 Å². The highest BCUT2D eigenvalue weighted by molar-refractivity contribution is 6.07. The van der Waals surface area contributed by atoms with E-state index in [0.717, 1.165) is 23.5 Å². The minimum atomic E-state index is -0.110. The Balaban J connectivity index is 1.62. The lowest BCUT2D eigenvalue weighted by molar-refractivity contribution is 0.0976. The first-order valence-electron chi connectivity index (χ1n) is 9.23. The van der Waals surface area contributed by atoms with Gasteiger partial charge in [0.15, 0.2) is 0 Å². The lowest BCUT2D eigenvalue weighted by Crippen LogP contribution is -2.36. The molecule has 0 saturated carbocycles. The second-order valence-corrected chi connectivity index (χ2v) is 6.90. The third kappa shape index (κ3) is 3.41. The molecule has 0 bridgehead atoms. The molecule has 0 aliphatic carbocycles. The Morgan fingerprint density at radius 1 is 1.14 bits per heavy atom. The van der Waals surface area contributed by atoms with Crippen LogP contribution in [-0.2, 0) is 6.42 Å². The second kappa shape index (κ2) is 7.31. The third-order valence-corrected chi connectivity index (χ3v) is 4.85. The topological polar surface area (TPSA) is 67.3 Å². The fourth-order valence-corrected chi connectivity index (χ4v) is 3.56. The van der Waals surface area contributed by atoms with Crippen molar-refractivity contribution in [3.8, 4) is 5.75 Å². The number of hydrogen-bond donors (Lipinski definition) is 1. The Morgan fingerprint density at radius 2 is 1.89 bits per heavy atom. The summed E-state index contributed by atoms with van der Waals surface area (Å²) in [5, 5.41) is 3.23. The van der Waals surface area contributed by atoms with Gasteiger partial charge >= 0.3 is 0 Å². The highest BCUT2D eigenvalue weighted by Gasteiger charge is 2.32. The lowest BCUT2D eigenvalue weighted by Gasteiger charge is -2.22. The summed E-state index contributed by atoms with van der Waals surface area (Å²) in [6.07, 6.45) is 0.850. The molecule has 6 heteroatoms. The number of anilines is 3. The van der Waals surface area contributed by atoms with E-state index in [-0.39, 0.29) is 11.9 Å². The Morgan fingerprint density at radius 3 is 2.64 bits per heavy atom. The Hall–Kier alpha value is -3.41. The van der Waals surface area contributed by atoms with Crippen LogP contribution in [0, 0.1) is 6.92 Å². The average molecular weight is 374 g/mol. The van der Waals surface area contributed by atoms with Crippen LogP contribution in [0.3, 0.4) is 0 Å². The molecule has 1 atom stereocenters. The van der Waals surface area contributed by atoms with E-state index in [1.54, 1.807) is 20.1 Å². The molecule has 1 aromatic heterocycles. The monoisotopic (exact) mass is 374 g/mol. The standard InChI is InChI=1S/C22H22N4O2/c1-14-12-16-6-4-5-7-20(16)26(14)22(27)19-13-21(24-15(2)23-19)25-17-8-10-18(28-3)11-9-17/h4-11,13-14H,12H2,1-3H3,(H,23,24,25). The fraction of sp³-hybridized carbons (Fsp3) is 0.227. The number of hydrogen-bond acceptors (Lipinski definition) is 5. The summed E-state index contributed by atoms with van der Waals surface area (Å²) in [7, 11) is 1.63. The van der Waals surface area contributed by atoms with Crippen LogP contribution < -0.4 is 15.0 Å². The van der Waals surface area contributed by atoms with Crippen molar-refractivity contribution in [3.05, 3.63) is 71.7 Å². The van der Waals surface area contributed by atoms with Crippen LogP contribution in [0.4, 0.5) is 17.2 Å². The number of para-hydroxylation sites is 1. The van der Waals surface area contributed by atoms with E-state index < -0.39 is 0 Å². The molecule has 3 aromatic rings.